The fraction of sp³-hybridized carbons (Fsp3) is 0.500. The van der Waals surface area contributed by atoms with Crippen molar-refractivity contribution >= 4 is 34.6 Å². The molecule has 2 fully saturated rings. The number of amides is 3. The molecule has 1 aromatic heterocycles. The van der Waals surface area contributed by atoms with Crippen LogP contribution in [-0.4, -0.2) is 32.8 Å². The van der Waals surface area contributed by atoms with Crippen LogP contribution in [0.25, 0.3) is 10.9 Å². The third-order valence-corrected chi connectivity index (χ3v) is 6.33. The van der Waals surface area contributed by atoms with Crippen molar-refractivity contribution in [3.05, 3.63) is 34.6 Å². The third-order valence-electron chi connectivity index (χ3n) is 5.27. The summed E-state index contributed by atoms with van der Waals surface area (Å²) in [6.45, 7) is 1.72. The van der Waals surface area contributed by atoms with Crippen molar-refractivity contribution in [3.8, 4) is 0 Å². The summed E-state index contributed by atoms with van der Waals surface area (Å²) in [5, 5.41) is 5.84. The minimum atomic E-state index is -0.549. The minimum absolute atomic E-state index is 0.0674. The number of rotatable bonds is 5. The predicted molar refractivity (Wildman–Crippen MR) is 109 cm³/mol. The second kappa shape index (κ2) is 7.95. The number of carbonyl (C=O) groups excluding carboxylic acids is 2. The number of thioether (sulfide) groups is 1. The number of hydrogen-bond acceptors (Lipinski definition) is 5. The third kappa shape index (κ3) is 4.06. The second-order valence-electron chi connectivity index (χ2n) is 7.52. The van der Waals surface area contributed by atoms with Crippen LogP contribution in [0.2, 0.25) is 0 Å². The molecule has 4 rings (SSSR count). The molecule has 7 nitrogen and oxygen atoms in total. The number of nitrogens with one attached hydrogen (secondary N) is 2. The first-order valence-corrected chi connectivity index (χ1v) is 10.7. The molecule has 0 radical (unpaired) electrons. The number of nitrogens with zero attached hydrogens (tertiary/aromatic N) is 2. The zero-order valence-corrected chi connectivity index (χ0v) is 16.6. The highest BCUT2D eigenvalue weighted by Gasteiger charge is 2.30. The summed E-state index contributed by atoms with van der Waals surface area (Å²) < 4.78 is 1.70. The molecular formula is C20H24N4O3S. The molecule has 2 aromatic rings. The van der Waals surface area contributed by atoms with Gasteiger partial charge < -0.3 is 5.32 Å². The van der Waals surface area contributed by atoms with E-state index in [1.807, 2.05) is 12.1 Å². The van der Waals surface area contributed by atoms with Gasteiger partial charge >= 0.3 is 6.03 Å². The molecule has 0 aliphatic heterocycles. The lowest BCUT2D eigenvalue weighted by Gasteiger charge is -2.17. The van der Waals surface area contributed by atoms with Gasteiger partial charge in [0, 0.05) is 12.1 Å². The smallest absolute Gasteiger partial charge is 0.321 e. The van der Waals surface area contributed by atoms with Crippen LogP contribution < -0.4 is 16.2 Å². The molecule has 0 unspecified atom stereocenters. The molecular weight excluding hydrogens is 376 g/mol. The minimum Gasteiger partial charge on any atom is -0.335 e. The van der Waals surface area contributed by atoms with Crippen LogP contribution in [0.3, 0.4) is 0 Å². The van der Waals surface area contributed by atoms with Gasteiger partial charge in [0.15, 0.2) is 5.16 Å². The van der Waals surface area contributed by atoms with Gasteiger partial charge in [-0.3, -0.25) is 19.5 Å². The van der Waals surface area contributed by atoms with Gasteiger partial charge in [0.2, 0.25) is 5.91 Å². The number of imide groups is 1. The highest BCUT2D eigenvalue weighted by atomic mass is 32.2. The first-order valence-electron chi connectivity index (χ1n) is 9.82. The summed E-state index contributed by atoms with van der Waals surface area (Å²) in [5.41, 5.74) is 0.556. The average molecular weight is 401 g/mol. The van der Waals surface area contributed by atoms with E-state index in [9.17, 15) is 14.4 Å². The van der Waals surface area contributed by atoms with Gasteiger partial charge in [-0.05, 0) is 44.7 Å². The molecule has 2 N–H and O–H groups in total. The average Bonchev–Trinajstić information content (AvgIpc) is 3.37. The van der Waals surface area contributed by atoms with Crippen LogP contribution in [0.1, 0.15) is 51.5 Å². The standard InChI is InChI=1S/C20H24N4O3S/c1-12(17(25)23-19(27)21-13-6-2-3-7-13)28-20-22-16-9-5-4-8-15(16)18(26)24(20)14-10-11-14/h4-5,8-9,12-14H,2-3,6-7,10-11H2,1H3,(H2,21,23,25,27)/t12-/m0/s1. The fourth-order valence-corrected chi connectivity index (χ4v) is 4.56. The Morgan fingerprint density at radius 1 is 1.18 bits per heavy atom. The maximum atomic E-state index is 12.9. The lowest BCUT2D eigenvalue weighted by Crippen LogP contribution is -2.46. The van der Waals surface area contributed by atoms with Crippen LogP contribution in [-0.2, 0) is 4.79 Å². The van der Waals surface area contributed by atoms with Crippen molar-refractivity contribution in [1.82, 2.24) is 20.2 Å². The van der Waals surface area contributed by atoms with Gasteiger partial charge in [-0.2, -0.15) is 0 Å². The summed E-state index contributed by atoms with van der Waals surface area (Å²) >= 11 is 1.22. The molecule has 0 spiro atoms. The Morgan fingerprint density at radius 3 is 2.61 bits per heavy atom. The van der Waals surface area contributed by atoms with Crippen molar-refractivity contribution in [2.45, 2.75) is 67.9 Å². The lowest BCUT2D eigenvalue weighted by atomic mass is 10.2. The van der Waals surface area contributed by atoms with E-state index in [-0.39, 0.29) is 23.6 Å². The van der Waals surface area contributed by atoms with E-state index in [0.717, 1.165) is 38.5 Å². The summed E-state index contributed by atoms with van der Waals surface area (Å²) in [5.74, 6) is -0.384. The van der Waals surface area contributed by atoms with Crippen LogP contribution in [0.15, 0.2) is 34.2 Å². The van der Waals surface area contributed by atoms with E-state index < -0.39 is 11.3 Å². The zero-order chi connectivity index (χ0) is 19.7. The van der Waals surface area contributed by atoms with Crippen molar-refractivity contribution in [1.29, 1.82) is 0 Å². The highest BCUT2D eigenvalue weighted by molar-refractivity contribution is 8.00. The van der Waals surface area contributed by atoms with Gasteiger partial charge in [-0.25, -0.2) is 9.78 Å². The summed E-state index contributed by atoms with van der Waals surface area (Å²) in [7, 11) is 0. The molecule has 2 saturated carbocycles. The van der Waals surface area contributed by atoms with E-state index in [1.54, 1.807) is 23.6 Å². The number of hydrogen-bond donors (Lipinski definition) is 2. The molecule has 0 bridgehead atoms. The van der Waals surface area contributed by atoms with E-state index in [2.05, 4.69) is 15.6 Å². The first-order chi connectivity index (χ1) is 13.5. The van der Waals surface area contributed by atoms with E-state index in [4.69, 9.17) is 0 Å². The summed E-state index contributed by atoms with van der Waals surface area (Å²) in [4.78, 5) is 42.1. The van der Waals surface area contributed by atoms with Crippen molar-refractivity contribution in [3.63, 3.8) is 0 Å². The Morgan fingerprint density at radius 2 is 1.89 bits per heavy atom. The molecule has 28 heavy (non-hydrogen) atoms. The Kier molecular flexibility index (Phi) is 5.39. The number of carbonyl (C=O) groups is 2. The summed E-state index contributed by atoms with van der Waals surface area (Å²) in [6.07, 6.45) is 6.02. The Labute approximate surface area is 167 Å². The molecule has 1 heterocycles. The van der Waals surface area contributed by atoms with E-state index >= 15 is 0 Å². The summed E-state index contributed by atoms with van der Waals surface area (Å²) in [6, 6.07) is 7.10. The second-order valence-corrected chi connectivity index (χ2v) is 8.83. The van der Waals surface area contributed by atoms with Crippen LogP contribution in [0.5, 0.6) is 0 Å². The van der Waals surface area contributed by atoms with Gasteiger partial charge in [-0.15, -0.1) is 0 Å². The Balaban J connectivity index is 1.49. The van der Waals surface area contributed by atoms with Crippen LogP contribution in [0, 0.1) is 0 Å². The van der Waals surface area contributed by atoms with Crippen LogP contribution >= 0.6 is 11.8 Å². The van der Waals surface area contributed by atoms with E-state index in [1.165, 1.54) is 11.8 Å². The first kappa shape index (κ1) is 19.0. The number of aromatic nitrogens is 2. The van der Waals surface area contributed by atoms with E-state index in [0.29, 0.717) is 16.1 Å². The van der Waals surface area contributed by atoms with Gasteiger partial charge in [0.1, 0.15) is 0 Å². The molecule has 1 aromatic carbocycles. The maximum Gasteiger partial charge on any atom is 0.321 e. The molecule has 0 saturated heterocycles. The Hall–Kier alpha value is -2.35. The number of benzene rings is 1. The molecule has 2 aliphatic rings. The number of fused-ring (bicyclic) bond motifs is 1. The van der Waals surface area contributed by atoms with Gasteiger partial charge in [0.05, 0.1) is 16.2 Å². The Bertz CT molecular complexity index is 964. The van der Waals surface area contributed by atoms with Crippen molar-refractivity contribution in [2.24, 2.45) is 0 Å². The number of para-hydroxylation sites is 1. The topological polar surface area (TPSA) is 93.1 Å². The molecule has 3 amide bonds. The quantitative estimate of drug-likeness (QED) is 0.595. The zero-order valence-electron chi connectivity index (χ0n) is 15.8. The molecule has 1 atom stereocenters. The maximum absolute atomic E-state index is 12.9. The number of urea groups is 1. The fourth-order valence-electron chi connectivity index (χ4n) is 3.58. The predicted octanol–water partition coefficient (Wildman–Crippen LogP) is 2.98. The SMILES string of the molecule is C[C@H](Sc1nc2ccccc2c(=O)n1C1CC1)C(=O)NC(=O)NC1CCCC1. The van der Waals surface area contributed by atoms with Crippen LogP contribution in [0.4, 0.5) is 4.79 Å². The molecule has 148 valence electrons. The van der Waals surface area contributed by atoms with Crippen molar-refractivity contribution in [2.75, 3.05) is 0 Å². The molecule has 2 aliphatic carbocycles. The van der Waals surface area contributed by atoms with Gasteiger partial charge in [0.25, 0.3) is 5.56 Å². The lowest BCUT2D eigenvalue weighted by molar-refractivity contribution is -0.119. The van der Waals surface area contributed by atoms with Crippen molar-refractivity contribution < 1.29 is 9.59 Å². The largest absolute Gasteiger partial charge is 0.335 e. The van der Waals surface area contributed by atoms with Gasteiger partial charge in [-0.1, -0.05) is 36.7 Å². The normalized spacial score (nSPS) is 18.2. The highest BCUT2D eigenvalue weighted by Crippen LogP contribution is 2.37. The monoisotopic (exact) mass is 400 g/mol. The molecule has 8 heteroatoms.